The van der Waals surface area contributed by atoms with Gasteiger partial charge in [0, 0.05) is 24.6 Å². The molecule has 0 aromatic heterocycles. The van der Waals surface area contributed by atoms with E-state index in [0.29, 0.717) is 17.9 Å². The van der Waals surface area contributed by atoms with Crippen LogP contribution >= 0.6 is 15.9 Å². The molecule has 1 aromatic carbocycles. The number of alkyl halides is 1. The third kappa shape index (κ3) is 6.20. The first-order chi connectivity index (χ1) is 8.93. The van der Waals surface area contributed by atoms with Crippen LogP contribution < -0.4 is 5.32 Å². The molecule has 1 aromatic rings. The van der Waals surface area contributed by atoms with Crippen molar-refractivity contribution in [1.29, 1.82) is 0 Å². The number of benzene rings is 1. The maximum Gasteiger partial charge on any atom is 0.220 e. The first kappa shape index (κ1) is 16.2. The second kappa shape index (κ2) is 7.65. The van der Waals surface area contributed by atoms with Crippen molar-refractivity contribution < 1.29 is 13.2 Å². The van der Waals surface area contributed by atoms with Gasteiger partial charge in [0.2, 0.25) is 5.91 Å². The molecule has 0 atom stereocenters. The number of unbranched alkanes of at least 4 members (excludes halogenated alkanes) is 1. The molecule has 106 valence electrons. The molecule has 0 aliphatic rings. The number of carbonyl (C=O) groups is 1. The van der Waals surface area contributed by atoms with Gasteiger partial charge in [0.1, 0.15) is 0 Å². The summed E-state index contributed by atoms with van der Waals surface area (Å²) in [7, 11) is -3.16. The molecule has 0 saturated carbocycles. The summed E-state index contributed by atoms with van der Waals surface area (Å²) in [5.41, 5.74) is 0.890. The zero-order valence-corrected chi connectivity index (χ0v) is 13.3. The fourth-order valence-electron chi connectivity index (χ4n) is 1.52. The highest BCUT2D eigenvalue weighted by Crippen LogP contribution is 2.10. The molecule has 0 fully saturated rings. The Morgan fingerprint density at radius 2 is 1.84 bits per heavy atom. The van der Waals surface area contributed by atoms with Gasteiger partial charge in [0.25, 0.3) is 0 Å². The molecule has 19 heavy (non-hydrogen) atoms. The van der Waals surface area contributed by atoms with E-state index in [1.165, 1.54) is 6.26 Å². The van der Waals surface area contributed by atoms with Crippen LogP contribution in [0.1, 0.15) is 24.8 Å². The van der Waals surface area contributed by atoms with Crippen molar-refractivity contribution in [3.63, 3.8) is 0 Å². The smallest absolute Gasteiger partial charge is 0.220 e. The maximum absolute atomic E-state index is 11.5. The second-order valence-electron chi connectivity index (χ2n) is 4.34. The number of halogens is 1. The molecule has 1 amide bonds. The Bertz CT molecular complexity index is 511. The van der Waals surface area contributed by atoms with Crippen molar-refractivity contribution in [2.75, 3.05) is 11.6 Å². The molecule has 1 rings (SSSR count). The van der Waals surface area contributed by atoms with Crippen molar-refractivity contribution in [2.24, 2.45) is 0 Å². The number of nitrogens with one attached hydrogen (secondary N) is 1. The van der Waals surface area contributed by atoms with Gasteiger partial charge in [-0.15, -0.1) is 0 Å². The summed E-state index contributed by atoms with van der Waals surface area (Å²) in [6.45, 7) is 0.428. The minimum absolute atomic E-state index is 0.0214. The number of hydrogen-bond acceptors (Lipinski definition) is 3. The Kier molecular flexibility index (Phi) is 6.51. The van der Waals surface area contributed by atoms with Gasteiger partial charge >= 0.3 is 0 Å². The van der Waals surface area contributed by atoms with E-state index in [1.807, 2.05) is 0 Å². The summed E-state index contributed by atoms with van der Waals surface area (Å²) < 4.78 is 22.6. The van der Waals surface area contributed by atoms with E-state index in [0.717, 1.165) is 23.7 Å². The highest BCUT2D eigenvalue weighted by Gasteiger charge is 2.06. The molecule has 0 radical (unpaired) electrons. The van der Waals surface area contributed by atoms with Crippen LogP contribution in [0.25, 0.3) is 0 Å². The summed E-state index contributed by atoms with van der Waals surface area (Å²) in [4.78, 5) is 11.8. The molecular weight excluding hydrogens is 330 g/mol. The van der Waals surface area contributed by atoms with E-state index in [9.17, 15) is 13.2 Å². The predicted molar refractivity (Wildman–Crippen MR) is 79.0 cm³/mol. The average molecular weight is 348 g/mol. The Labute approximate surface area is 122 Å². The monoisotopic (exact) mass is 347 g/mol. The summed E-state index contributed by atoms with van der Waals surface area (Å²) in [5, 5.41) is 3.72. The zero-order valence-electron chi connectivity index (χ0n) is 10.9. The van der Waals surface area contributed by atoms with E-state index in [-0.39, 0.29) is 5.91 Å². The van der Waals surface area contributed by atoms with Gasteiger partial charge in [0.05, 0.1) is 4.90 Å². The Hall–Kier alpha value is -0.880. The van der Waals surface area contributed by atoms with Crippen molar-refractivity contribution in [3.05, 3.63) is 29.8 Å². The van der Waals surface area contributed by atoms with E-state index < -0.39 is 9.84 Å². The molecule has 0 heterocycles. The second-order valence-corrected chi connectivity index (χ2v) is 7.15. The van der Waals surface area contributed by atoms with Gasteiger partial charge < -0.3 is 5.32 Å². The van der Waals surface area contributed by atoms with Crippen molar-refractivity contribution in [3.8, 4) is 0 Å². The van der Waals surface area contributed by atoms with E-state index >= 15 is 0 Å². The summed E-state index contributed by atoms with van der Waals surface area (Å²) in [6, 6.07) is 6.55. The molecule has 0 aliphatic heterocycles. The summed E-state index contributed by atoms with van der Waals surface area (Å²) in [5.74, 6) is 0.0214. The molecule has 0 aliphatic carbocycles. The number of carbonyl (C=O) groups excluding carboxylic acids is 1. The van der Waals surface area contributed by atoms with Crippen LogP contribution in [0, 0.1) is 0 Å². The van der Waals surface area contributed by atoms with Gasteiger partial charge in [-0.1, -0.05) is 28.1 Å². The fourth-order valence-corrected chi connectivity index (χ4v) is 2.55. The molecular formula is C13H18BrNO3S. The quantitative estimate of drug-likeness (QED) is 0.607. The summed E-state index contributed by atoms with van der Waals surface area (Å²) in [6.07, 6.45) is 3.54. The van der Waals surface area contributed by atoms with Crippen LogP contribution in [0.4, 0.5) is 0 Å². The van der Waals surface area contributed by atoms with Crippen LogP contribution in [0.2, 0.25) is 0 Å². The van der Waals surface area contributed by atoms with Crippen LogP contribution in [-0.4, -0.2) is 25.9 Å². The SMILES string of the molecule is CS(=O)(=O)c1ccc(CNC(=O)CCCCBr)cc1. The first-order valence-corrected chi connectivity index (χ1v) is 9.06. The van der Waals surface area contributed by atoms with Crippen molar-refractivity contribution in [2.45, 2.75) is 30.7 Å². The van der Waals surface area contributed by atoms with E-state index in [1.54, 1.807) is 24.3 Å². The van der Waals surface area contributed by atoms with Gasteiger partial charge in [-0.05, 0) is 30.5 Å². The van der Waals surface area contributed by atoms with Gasteiger partial charge in [0.15, 0.2) is 9.84 Å². The largest absolute Gasteiger partial charge is 0.352 e. The van der Waals surface area contributed by atoms with Crippen LogP contribution in [0.3, 0.4) is 0 Å². The van der Waals surface area contributed by atoms with Gasteiger partial charge in [-0.2, -0.15) is 0 Å². The average Bonchev–Trinajstić information content (AvgIpc) is 2.36. The lowest BCUT2D eigenvalue weighted by Gasteiger charge is -2.06. The molecule has 0 unspecified atom stereocenters. The Balaban J connectivity index is 2.44. The molecule has 0 spiro atoms. The van der Waals surface area contributed by atoms with Gasteiger partial charge in [-0.3, -0.25) is 4.79 Å². The highest BCUT2D eigenvalue weighted by atomic mass is 79.9. The number of hydrogen-bond donors (Lipinski definition) is 1. The topological polar surface area (TPSA) is 63.2 Å². The van der Waals surface area contributed by atoms with Crippen LogP contribution in [0.5, 0.6) is 0 Å². The van der Waals surface area contributed by atoms with Crippen molar-refractivity contribution >= 4 is 31.7 Å². The van der Waals surface area contributed by atoms with E-state index in [4.69, 9.17) is 0 Å². The summed E-state index contributed by atoms with van der Waals surface area (Å²) >= 11 is 3.32. The van der Waals surface area contributed by atoms with Crippen LogP contribution in [0.15, 0.2) is 29.2 Å². The molecule has 4 nitrogen and oxygen atoms in total. The minimum Gasteiger partial charge on any atom is -0.352 e. The zero-order chi connectivity index (χ0) is 14.3. The lowest BCUT2D eigenvalue weighted by Crippen LogP contribution is -2.22. The fraction of sp³-hybridized carbons (Fsp3) is 0.462. The minimum atomic E-state index is -3.16. The molecule has 0 bridgehead atoms. The molecule has 6 heteroatoms. The Morgan fingerprint density at radius 3 is 2.37 bits per heavy atom. The normalized spacial score (nSPS) is 11.3. The number of rotatable bonds is 7. The standard InChI is InChI=1S/C13H18BrNO3S/c1-19(17,18)12-7-5-11(6-8-12)10-15-13(16)4-2-3-9-14/h5-8H,2-4,9-10H2,1H3,(H,15,16). The lowest BCUT2D eigenvalue weighted by atomic mass is 10.2. The molecule has 0 saturated heterocycles. The molecule has 1 N–H and O–H groups in total. The number of amides is 1. The third-order valence-corrected chi connectivity index (χ3v) is 4.32. The van der Waals surface area contributed by atoms with Gasteiger partial charge in [-0.25, -0.2) is 8.42 Å². The number of sulfone groups is 1. The van der Waals surface area contributed by atoms with Crippen molar-refractivity contribution in [1.82, 2.24) is 5.32 Å². The van der Waals surface area contributed by atoms with E-state index in [2.05, 4.69) is 21.2 Å². The Morgan fingerprint density at radius 1 is 1.21 bits per heavy atom. The first-order valence-electron chi connectivity index (χ1n) is 6.05. The highest BCUT2D eigenvalue weighted by molar-refractivity contribution is 9.09. The predicted octanol–water partition coefficient (Wildman–Crippen LogP) is 2.27. The third-order valence-electron chi connectivity index (χ3n) is 2.63. The van der Waals surface area contributed by atoms with Crippen LogP contribution in [-0.2, 0) is 21.2 Å². The lowest BCUT2D eigenvalue weighted by molar-refractivity contribution is -0.121. The maximum atomic E-state index is 11.5.